The molecule has 0 saturated carbocycles. The van der Waals surface area contributed by atoms with E-state index in [0.29, 0.717) is 5.56 Å². The molecule has 6 heteroatoms. The Labute approximate surface area is 98.6 Å². The van der Waals surface area contributed by atoms with Gasteiger partial charge in [0.1, 0.15) is 11.5 Å². The summed E-state index contributed by atoms with van der Waals surface area (Å²) in [4.78, 5) is 3.70. The maximum Gasteiger partial charge on any atom is 0.218 e. The van der Waals surface area contributed by atoms with Gasteiger partial charge in [0.25, 0.3) is 0 Å². The number of halogens is 1. The van der Waals surface area contributed by atoms with Crippen molar-refractivity contribution in [3.05, 3.63) is 29.6 Å². The largest absolute Gasteiger partial charge is 0.368 e. The average Bonchev–Trinajstić information content (AvgIpc) is 2.30. The van der Waals surface area contributed by atoms with Gasteiger partial charge in [0.2, 0.25) is 5.96 Å². The predicted octanol–water partition coefficient (Wildman–Crippen LogP) is 1.77. The first-order chi connectivity index (χ1) is 7.97. The predicted molar refractivity (Wildman–Crippen MR) is 64.3 cm³/mol. The summed E-state index contributed by atoms with van der Waals surface area (Å²) in [7, 11) is 0. The van der Waals surface area contributed by atoms with Crippen LogP contribution in [0.4, 0.5) is 10.1 Å². The van der Waals surface area contributed by atoms with Crippen LogP contribution < -0.4 is 11.2 Å². The number of para-hydroxylation sites is 1. The molecule has 5 nitrogen and oxygen atoms in total. The van der Waals surface area contributed by atoms with E-state index in [4.69, 9.17) is 16.4 Å². The second kappa shape index (κ2) is 5.40. The normalized spacial score (nSPS) is 11.7. The number of nitrogens with zero attached hydrogens (tertiary/aromatic N) is 1. The van der Waals surface area contributed by atoms with Gasteiger partial charge in [-0.1, -0.05) is 26.0 Å². The van der Waals surface area contributed by atoms with Gasteiger partial charge in [-0.2, -0.15) is 0 Å². The minimum absolute atomic E-state index is 0.0507. The first-order valence-electron chi connectivity index (χ1n) is 5.09. The number of hydrogen-bond donors (Lipinski definition) is 4. The second-order valence-corrected chi connectivity index (χ2v) is 3.81. The van der Waals surface area contributed by atoms with Gasteiger partial charge in [0.05, 0.1) is 0 Å². The smallest absolute Gasteiger partial charge is 0.218 e. The molecule has 0 aliphatic heterocycles. The van der Waals surface area contributed by atoms with Gasteiger partial charge in [-0.25, -0.2) is 14.9 Å². The second-order valence-electron chi connectivity index (χ2n) is 3.81. The standard InChI is InChI=1S/C11H15FN4O/c1-6(2)9(13)7-4-3-5-8(12)10(7)15-11(14)16-17/h3-6,13,17H,1-2H3,(H3,14,15,16). The maximum atomic E-state index is 13.6. The molecule has 0 fully saturated rings. The fourth-order valence-electron chi connectivity index (χ4n) is 1.30. The van der Waals surface area contributed by atoms with Gasteiger partial charge in [-0.3, -0.25) is 5.21 Å². The Morgan fingerprint density at radius 2 is 2.18 bits per heavy atom. The van der Waals surface area contributed by atoms with Crippen molar-refractivity contribution in [3.8, 4) is 0 Å². The minimum Gasteiger partial charge on any atom is -0.368 e. The molecule has 0 spiro atoms. The molecule has 17 heavy (non-hydrogen) atoms. The van der Waals surface area contributed by atoms with E-state index in [1.165, 1.54) is 12.1 Å². The minimum atomic E-state index is -0.592. The van der Waals surface area contributed by atoms with Crippen LogP contribution in [0.15, 0.2) is 23.2 Å². The van der Waals surface area contributed by atoms with Gasteiger partial charge in [0.15, 0.2) is 0 Å². The number of nitrogens with one attached hydrogen (secondary N) is 2. The van der Waals surface area contributed by atoms with Crippen molar-refractivity contribution in [2.45, 2.75) is 13.8 Å². The third-order valence-corrected chi connectivity index (χ3v) is 2.20. The van der Waals surface area contributed by atoms with Crippen molar-refractivity contribution >= 4 is 17.4 Å². The molecule has 0 atom stereocenters. The lowest BCUT2D eigenvalue weighted by Crippen LogP contribution is -2.28. The van der Waals surface area contributed by atoms with Crippen LogP contribution in [0.25, 0.3) is 0 Å². The molecule has 0 heterocycles. The highest BCUT2D eigenvalue weighted by atomic mass is 19.1. The number of aliphatic imine (C=N–C) groups is 1. The molecule has 0 amide bonds. The summed E-state index contributed by atoms with van der Waals surface area (Å²) in [6, 6.07) is 4.32. The molecule has 0 aliphatic rings. The first kappa shape index (κ1) is 13.1. The van der Waals surface area contributed by atoms with E-state index in [1.54, 1.807) is 11.5 Å². The fraction of sp³-hybridized carbons (Fsp3) is 0.273. The third-order valence-electron chi connectivity index (χ3n) is 2.20. The number of hydrogen-bond acceptors (Lipinski definition) is 3. The number of benzene rings is 1. The molecule has 0 aliphatic carbocycles. The lowest BCUT2D eigenvalue weighted by Gasteiger charge is -2.11. The zero-order valence-corrected chi connectivity index (χ0v) is 9.66. The molecule has 92 valence electrons. The molecule has 0 saturated heterocycles. The van der Waals surface area contributed by atoms with Gasteiger partial charge < -0.3 is 11.1 Å². The highest BCUT2D eigenvalue weighted by Gasteiger charge is 2.14. The molecule has 1 aromatic rings. The monoisotopic (exact) mass is 238 g/mol. The molecule has 0 aromatic heterocycles. The molecular weight excluding hydrogens is 223 g/mol. The summed E-state index contributed by atoms with van der Waals surface area (Å²) < 4.78 is 13.6. The summed E-state index contributed by atoms with van der Waals surface area (Å²) in [6.07, 6.45) is 0. The summed E-state index contributed by atoms with van der Waals surface area (Å²) in [6.45, 7) is 3.66. The van der Waals surface area contributed by atoms with E-state index < -0.39 is 5.82 Å². The van der Waals surface area contributed by atoms with E-state index >= 15 is 0 Å². The van der Waals surface area contributed by atoms with E-state index in [-0.39, 0.29) is 23.3 Å². The van der Waals surface area contributed by atoms with Crippen molar-refractivity contribution in [1.82, 2.24) is 5.48 Å². The Hall–Kier alpha value is -1.95. The van der Waals surface area contributed by atoms with E-state index in [1.807, 2.05) is 13.8 Å². The van der Waals surface area contributed by atoms with Crippen molar-refractivity contribution in [3.63, 3.8) is 0 Å². The third kappa shape index (κ3) is 3.01. The van der Waals surface area contributed by atoms with Crippen molar-refractivity contribution < 1.29 is 9.60 Å². The van der Waals surface area contributed by atoms with Gasteiger partial charge >= 0.3 is 0 Å². The lowest BCUT2D eigenvalue weighted by molar-refractivity contribution is 0.233. The molecule has 0 radical (unpaired) electrons. The Bertz CT molecular complexity index is 457. The Morgan fingerprint density at radius 3 is 2.71 bits per heavy atom. The number of hydroxylamine groups is 1. The van der Waals surface area contributed by atoms with E-state index in [2.05, 4.69) is 4.99 Å². The Balaban J connectivity index is 3.32. The fourth-order valence-corrected chi connectivity index (χ4v) is 1.30. The number of guanidine groups is 1. The summed E-state index contributed by atoms with van der Waals surface area (Å²) in [5.74, 6) is -0.979. The van der Waals surface area contributed by atoms with Crippen LogP contribution in [-0.4, -0.2) is 16.9 Å². The lowest BCUT2D eigenvalue weighted by atomic mass is 9.98. The van der Waals surface area contributed by atoms with Crippen LogP contribution in [0, 0.1) is 17.1 Å². The summed E-state index contributed by atoms with van der Waals surface area (Å²) >= 11 is 0. The number of nitrogens with two attached hydrogens (primary N) is 1. The van der Waals surface area contributed by atoms with Crippen LogP contribution in [0.5, 0.6) is 0 Å². The molecule has 1 rings (SSSR count). The topological polar surface area (TPSA) is 94.5 Å². The van der Waals surface area contributed by atoms with Crippen molar-refractivity contribution in [2.24, 2.45) is 16.6 Å². The molecule has 0 unspecified atom stereocenters. The quantitative estimate of drug-likeness (QED) is 0.367. The van der Waals surface area contributed by atoms with Crippen LogP contribution in [0.3, 0.4) is 0 Å². The SMILES string of the molecule is CC(C)C(=N)c1cccc(F)c1N=C(N)NO. The Kier molecular flexibility index (Phi) is 4.17. The van der Waals surface area contributed by atoms with Crippen LogP contribution in [-0.2, 0) is 0 Å². The van der Waals surface area contributed by atoms with Crippen LogP contribution in [0.1, 0.15) is 19.4 Å². The van der Waals surface area contributed by atoms with Crippen LogP contribution in [0.2, 0.25) is 0 Å². The van der Waals surface area contributed by atoms with Gasteiger partial charge in [0, 0.05) is 11.3 Å². The van der Waals surface area contributed by atoms with Gasteiger partial charge in [-0.15, -0.1) is 0 Å². The summed E-state index contributed by atoms with van der Waals surface area (Å²) in [5, 5.41) is 16.4. The number of rotatable bonds is 3. The van der Waals surface area contributed by atoms with Crippen molar-refractivity contribution in [1.29, 1.82) is 5.41 Å². The van der Waals surface area contributed by atoms with Gasteiger partial charge in [-0.05, 0) is 12.0 Å². The van der Waals surface area contributed by atoms with E-state index in [0.717, 1.165) is 0 Å². The summed E-state index contributed by atoms with van der Waals surface area (Å²) in [5.41, 5.74) is 7.46. The molecule has 5 N–H and O–H groups in total. The molecule has 0 bridgehead atoms. The Morgan fingerprint density at radius 1 is 1.53 bits per heavy atom. The highest BCUT2D eigenvalue weighted by molar-refractivity contribution is 6.04. The average molecular weight is 238 g/mol. The zero-order chi connectivity index (χ0) is 13.0. The highest BCUT2D eigenvalue weighted by Crippen LogP contribution is 2.25. The van der Waals surface area contributed by atoms with Crippen LogP contribution >= 0.6 is 0 Å². The van der Waals surface area contributed by atoms with Crippen molar-refractivity contribution in [2.75, 3.05) is 0 Å². The first-order valence-corrected chi connectivity index (χ1v) is 5.09. The molecular formula is C11H15FN4O. The molecule has 1 aromatic carbocycles. The zero-order valence-electron chi connectivity index (χ0n) is 9.66. The van der Waals surface area contributed by atoms with E-state index in [9.17, 15) is 4.39 Å². The maximum absolute atomic E-state index is 13.6.